The van der Waals surface area contributed by atoms with Crippen LogP contribution >= 0.6 is 11.8 Å². The van der Waals surface area contributed by atoms with Gasteiger partial charge in [0.25, 0.3) is 0 Å². The molecule has 14 heavy (non-hydrogen) atoms. The summed E-state index contributed by atoms with van der Waals surface area (Å²) in [5.41, 5.74) is 5.49. The Balaban J connectivity index is 2.41. The molecule has 1 aromatic heterocycles. The van der Waals surface area contributed by atoms with E-state index in [0.717, 1.165) is 0 Å². The van der Waals surface area contributed by atoms with Crippen molar-refractivity contribution in [2.24, 2.45) is 7.05 Å². The zero-order chi connectivity index (χ0) is 10.6. The van der Waals surface area contributed by atoms with Crippen LogP contribution < -0.4 is 5.73 Å². The first-order valence-corrected chi connectivity index (χ1v) is 5.08. The molecule has 0 saturated carbocycles. The van der Waals surface area contributed by atoms with Crippen LogP contribution in [0.1, 0.15) is 0 Å². The largest absolute Gasteiger partial charge is 0.390 e. The number of aliphatic hydroxyl groups is 1. The summed E-state index contributed by atoms with van der Waals surface area (Å²) < 4.78 is 6.47. The number of aliphatic hydroxyl groups excluding tert-OH is 1. The Bertz CT molecular complexity index is 291. The highest BCUT2D eigenvalue weighted by atomic mass is 32.2. The molecule has 0 aliphatic heterocycles. The van der Waals surface area contributed by atoms with Crippen LogP contribution in [0.3, 0.4) is 0 Å². The fourth-order valence-corrected chi connectivity index (χ4v) is 1.69. The van der Waals surface area contributed by atoms with Gasteiger partial charge < -0.3 is 15.6 Å². The Morgan fingerprint density at radius 3 is 2.86 bits per heavy atom. The molecule has 0 radical (unpaired) electrons. The minimum absolute atomic E-state index is 0.320. The van der Waals surface area contributed by atoms with Crippen LogP contribution in [0.5, 0.6) is 0 Å². The van der Waals surface area contributed by atoms with Crippen molar-refractivity contribution in [3.63, 3.8) is 0 Å². The third kappa shape index (κ3) is 2.86. The van der Waals surface area contributed by atoms with Gasteiger partial charge in [0.2, 0.25) is 5.95 Å². The first-order chi connectivity index (χ1) is 6.65. The topological polar surface area (TPSA) is 86.2 Å². The number of thioether (sulfide) groups is 1. The molecule has 1 rings (SSSR count). The van der Waals surface area contributed by atoms with Gasteiger partial charge in [-0.1, -0.05) is 11.8 Å². The van der Waals surface area contributed by atoms with Crippen LogP contribution in [0, 0.1) is 0 Å². The van der Waals surface area contributed by atoms with Crippen molar-refractivity contribution in [2.45, 2.75) is 11.3 Å². The number of nitrogen functional groups attached to an aromatic ring is 1. The average molecular weight is 218 g/mol. The number of methoxy groups -OCH3 is 1. The third-order valence-electron chi connectivity index (χ3n) is 1.63. The highest BCUT2D eigenvalue weighted by Gasteiger charge is 2.09. The van der Waals surface area contributed by atoms with Gasteiger partial charge in [-0.2, -0.15) is 0 Å². The van der Waals surface area contributed by atoms with E-state index < -0.39 is 6.10 Å². The molecule has 0 fully saturated rings. The van der Waals surface area contributed by atoms with Gasteiger partial charge in [-0.25, -0.2) is 0 Å². The highest BCUT2D eigenvalue weighted by molar-refractivity contribution is 7.99. The van der Waals surface area contributed by atoms with E-state index in [4.69, 9.17) is 10.5 Å². The normalized spacial score (nSPS) is 13.1. The lowest BCUT2D eigenvalue weighted by atomic mass is 10.4. The van der Waals surface area contributed by atoms with Crippen molar-refractivity contribution in [3.05, 3.63) is 0 Å². The standard InChI is InChI=1S/C7H14N4O2S/c1-11-6(8)9-10-7(11)14-4-5(12)3-13-2/h5,12H,3-4H2,1-2H3,(H2,8,9). The number of nitrogens with zero attached hydrogens (tertiary/aromatic N) is 3. The summed E-state index contributed by atoms with van der Waals surface area (Å²) >= 11 is 1.40. The summed E-state index contributed by atoms with van der Waals surface area (Å²) in [6, 6.07) is 0. The lowest BCUT2D eigenvalue weighted by molar-refractivity contribution is 0.0793. The van der Waals surface area contributed by atoms with E-state index in [-0.39, 0.29) is 0 Å². The second-order valence-electron chi connectivity index (χ2n) is 2.82. The predicted molar refractivity (Wildman–Crippen MR) is 54.0 cm³/mol. The molecule has 7 heteroatoms. The monoisotopic (exact) mass is 218 g/mol. The Morgan fingerprint density at radius 1 is 1.64 bits per heavy atom. The maximum absolute atomic E-state index is 9.37. The molecule has 0 aromatic carbocycles. The summed E-state index contributed by atoms with van der Waals surface area (Å²) in [6.07, 6.45) is -0.497. The van der Waals surface area contributed by atoms with Crippen LogP contribution in [0.2, 0.25) is 0 Å². The SMILES string of the molecule is COCC(O)CSc1nnc(N)n1C. The van der Waals surface area contributed by atoms with Gasteiger partial charge >= 0.3 is 0 Å². The Labute approximate surface area is 86.5 Å². The molecule has 3 N–H and O–H groups in total. The van der Waals surface area contributed by atoms with Crippen molar-refractivity contribution in [3.8, 4) is 0 Å². The molecule has 6 nitrogen and oxygen atoms in total. The molecule has 80 valence electrons. The van der Waals surface area contributed by atoms with Gasteiger partial charge in [-0.15, -0.1) is 10.2 Å². The maximum atomic E-state index is 9.37. The molecular weight excluding hydrogens is 204 g/mol. The van der Waals surface area contributed by atoms with Crippen molar-refractivity contribution in [1.29, 1.82) is 0 Å². The van der Waals surface area contributed by atoms with Gasteiger partial charge in [-0.3, -0.25) is 4.57 Å². The minimum atomic E-state index is -0.497. The molecule has 1 aromatic rings. The molecule has 0 aliphatic rings. The highest BCUT2D eigenvalue weighted by Crippen LogP contribution is 2.17. The summed E-state index contributed by atoms with van der Waals surface area (Å²) in [7, 11) is 3.33. The number of nitrogens with two attached hydrogens (primary N) is 1. The number of ether oxygens (including phenoxy) is 1. The Kier molecular flexibility index (Phi) is 4.18. The zero-order valence-electron chi connectivity index (χ0n) is 8.17. The predicted octanol–water partition coefficient (Wildman–Crippen LogP) is -0.503. The van der Waals surface area contributed by atoms with Gasteiger partial charge in [0.15, 0.2) is 5.16 Å². The number of aromatic nitrogens is 3. The van der Waals surface area contributed by atoms with Crippen LogP contribution in [0.4, 0.5) is 5.95 Å². The number of hydrogen-bond donors (Lipinski definition) is 2. The molecule has 0 saturated heterocycles. The lowest BCUT2D eigenvalue weighted by Gasteiger charge is -2.07. The van der Waals surface area contributed by atoms with Crippen LogP contribution in [-0.2, 0) is 11.8 Å². The molecule has 0 bridgehead atoms. The van der Waals surface area contributed by atoms with E-state index in [0.29, 0.717) is 23.5 Å². The Morgan fingerprint density at radius 2 is 2.36 bits per heavy atom. The number of hydrogen-bond acceptors (Lipinski definition) is 6. The minimum Gasteiger partial charge on any atom is -0.390 e. The molecule has 1 heterocycles. The number of rotatable bonds is 5. The maximum Gasteiger partial charge on any atom is 0.222 e. The summed E-state index contributed by atoms with van der Waals surface area (Å²) in [6.45, 7) is 0.320. The van der Waals surface area contributed by atoms with E-state index in [1.807, 2.05) is 0 Å². The van der Waals surface area contributed by atoms with Gasteiger partial charge in [0.05, 0.1) is 12.7 Å². The van der Waals surface area contributed by atoms with Crippen LogP contribution in [0.25, 0.3) is 0 Å². The van der Waals surface area contributed by atoms with Crippen LogP contribution in [0.15, 0.2) is 5.16 Å². The van der Waals surface area contributed by atoms with E-state index in [2.05, 4.69) is 10.2 Å². The summed E-state index contributed by atoms with van der Waals surface area (Å²) in [5.74, 6) is 0.883. The quantitative estimate of drug-likeness (QED) is 0.648. The molecule has 1 unspecified atom stereocenters. The van der Waals surface area contributed by atoms with E-state index in [1.165, 1.54) is 11.8 Å². The Hall–Kier alpha value is -0.790. The van der Waals surface area contributed by atoms with Gasteiger partial charge in [-0.05, 0) is 0 Å². The number of anilines is 1. The van der Waals surface area contributed by atoms with E-state index >= 15 is 0 Å². The second-order valence-corrected chi connectivity index (χ2v) is 3.81. The van der Waals surface area contributed by atoms with Crippen molar-refractivity contribution < 1.29 is 9.84 Å². The molecule has 1 atom stereocenters. The molecular formula is C7H14N4O2S. The van der Waals surface area contributed by atoms with Crippen molar-refractivity contribution >= 4 is 17.7 Å². The van der Waals surface area contributed by atoms with E-state index in [9.17, 15) is 5.11 Å². The van der Waals surface area contributed by atoms with Gasteiger partial charge in [0.1, 0.15) is 0 Å². The van der Waals surface area contributed by atoms with Gasteiger partial charge in [0, 0.05) is 19.9 Å². The molecule has 0 aliphatic carbocycles. The lowest BCUT2D eigenvalue weighted by Crippen LogP contribution is -2.17. The molecule has 0 spiro atoms. The fourth-order valence-electron chi connectivity index (χ4n) is 0.863. The van der Waals surface area contributed by atoms with Crippen LogP contribution in [-0.4, -0.2) is 45.4 Å². The fraction of sp³-hybridized carbons (Fsp3) is 0.714. The molecule has 0 amide bonds. The zero-order valence-corrected chi connectivity index (χ0v) is 8.99. The van der Waals surface area contributed by atoms with Crippen molar-refractivity contribution in [1.82, 2.24) is 14.8 Å². The van der Waals surface area contributed by atoms with E-state index in [1.54, 1.807) is 18.7 Å². The summed E-state index contributed by atoms with van der Waals surface area (Å²) in [4.78, 5) is 0. The first kappa shape index (κ1) is 11.3. The average Bonchev–Trinajstić information content (AvgIpc) is 2.46. The summed E-state index contributed by atoms with van der Waals surface area (Å²) in [5, 5.41) is 17.6. The van der Waals surface area contributed by atoms with Crippen molar-refractivity contribution in [2.75, 3.05) is 25.2 Å². The second kappa shape index (κ2) is 5.18. The smallest absolute Gasteiger partial charge is 0.222 e. The first-order valence-electron chi connectivity index (χ1n) is 4.09. The third-order valence-corrected chi connectivity index (χ3v) is 2.80.